The van der Waals surface area contributed by atoms with Gasteiger partial charge in [0.25, 0.3) is 0 Å². The topological polar surface area (TPSA) is 102 Å². The first-order chi connectivity index (χ1) is 8.44. The van der Waals surface area contributed by atoms with E-state index < -0.39 is 33.9 Å². The fraction of sp³-hybridized carbons (Fsp3) is 0.900. The molecule has 1 saturated heterocycles. The quantitative estimate of drug-likeness (QED) is 0.437. The van der Waals surface area contributed by atoms with Crippen LogP contribution in [0.15, 0.2) is 0 Å². The molecule has 0 amide bonds. The maximum absolute atomic E-state index is 11.6. The number of aliphatic hydroxyl groups is 1. The Labute approximate surface area is 107 Å². The van der Waals surface area contributed by atoms with Crippen LogP contribution in [-0.2, 0) is 24.3 Å². The maximum Gasteiger partial charge on any atom is 0.324 e. The number of esters is 1. The highest BCUT2D eigenvalue weighted by atomic mass is 32.2. The van der Waals surface area contributed by atoms with Gasteiger partial charge in [0, 0.05) is 13.0 Å². The zero-order valence-corrected chi connectivity index (χ0v) is 11.1. The monoisotopic (exact) mass is 281 g/mol. The van der Waals surface area contributed by atoms with Crippen molar-refractivity contribution in [3.8, 4) is 0 Å². The third-order valence-corrected chi connectivity index (χ3v) is 3.79. The molecule has 0 spiro atoms. The Bertz CT molecular complexity index is 369. The van der Waals surface area contributed by atoms with Crippen LogP contribution in [0, 0.1) is 0 Å². The van der Waals surface area contributed by atoms with Crippen LogP contribution in [0.1, 0.15) is 19.8 Å². The van der Waals surface area contributed by atoms with Crippen LogP contribution in [0.3, 0.4) is 0 Å². The molecule has 2 N–H and O–H groups in total. The van der Waals surface area contributed by atoms with Gasteiger partial charge in [0.05, 0.1) is 25.1 Å². The first-order valence-corrected chi connectivity index (χ1v) is 7.52. The van der Waals surface area contributed by atoms with Gasteiger partial charge in [-0.2, -0.15) is 0 Å². The zero-order valence-electron chi connectivity index (χ0n) is 10.3. The minimum atomic E-state index is -3.72. The van der Waals surface area contributed by atoms with Crippen molar-refractivity contribution < 1.29 is 27.8 Å². The van der Waals surface area contributed by atoms with Crippen molar-refractivity contribution in [2.75, 3.05) is 25.6 Å². The Morgan fingerprint density at radius 1 is 1.61 bits per heavy atom. The lowest BCUT2D eigenvalue weighted by Crippen LogP contribution is -2.42. The van der Waals surface area contributed by atoms with E-state index in [1.165, 1.54) is 0 Å². The number of hydrogen-bond acceptors (Lipinski definition) is 6. The molecule has 0 radical (unpaired) electrons. The predicted octanol–water partition coefficient (Wildman–Crippen LogP) is -0.991. The molecule has 2 atom stereocenters. The highest BCUT2D eigenvalue weighted by molar-refractivity contribution is 7.89. The van der Waals surface area contributed by atoms with E-state index >= 15 is 0 Å². The van der Waals surface area contributed by atoms with E-state index in [1.54, 1.807) is 0 Å². The number of ether oxygens (including phenoxy) is 2. The summed E-state index contributed by atoms with van der Waals surface area (Å²) in [6.45, 7) is 2.56. The molecule has 0 aromatic rings. The molecule has 0 aromatic heterocycles. The Morgan fingerprint density at radius 2 is 2.33 bits per heavy atom. The molecule has 1 aliphatic heterocycles. The molecule has 1 aliphatic rings. The van der Waals surface area contributed by atoms with Gasteiger partial charge in [-0.05, 0) is 6.42 Å². The lowest BCUT2D eigenvalue weighted by molar-refractivity contribution is -0.139. The van der Waals surface area contributed by atoms with E-state index in [1.807, 2.05) is 6.92 Å². The third kappa shape index (κ3) is 5.30. The van der Waals surface area contributed by atoms with Gasteiger partial charge in [-0.25, -0.2) is 13.1 Å². The van der Waals surface area contributed by atoms with E-state index in [9.17, 15) is 18.3 Å². The molecule has 8 heteroatoms. The molecule has 106 valence electrons. The number of carbonyl (C=O) groups is 1. The lowest BCUT2D eigenvalue weighted by Gasteiger charge is -2.13. The number of nitrogens with one attached hydrogen (secondary N) is 1. The molecule has 0 saturated carbocycles. The second kappa shape index (κ2) is 7.03. The fourth-order valence-corrected chi connectivity index (χ4v) is 2.88. The third-order valence-electron chi connectivity index (χ3n) is 2.33. The molecule has 2 unspecified atom stereocenters. The van der Waals surface area contributed by atoms with Crippen LogP contribution in [0.2, 0.25) is 0 Å². The number of sulfonamides is 1. The van der Waals surface area contributed by atoms with Crippen LogP contribution in [0.4, 0.5) is 0 Å². The van der Waals surface area contributed by atoms with E-state index in [2.05, 4.69) is 9.46 Å². The number of cyclic esters (lactones) is 1. The van der Waals surface area contributed by atoms with Crippen molar-refractivity contribution in [2.24, 2.45) is 0 Å². The van der Waals surface area contributed by atoms with Crippen molar-refractivity contribution in [3.63, 3.8) is 0 Å². The number of hydrogen-bond donors (Lipinski definition) is 2. The Morgan fingerprint density at radius 3 is 2.89 bits per heavy atom. The van der Waals surface area contributed by atoms with Crippen LogP contribution in [0.5, 0.6) is 0 Å². The molecule has 0 bridgehead atoms. The number of aliphatic hydroxyl groups excluding tert-OH is 1. The molecule has 1 rings (SSSR count). The number of carbonyl (C=O) groups excluding carboxylic acids is 1. The van der Waals surface area contributed by atoms with Gasteiger partial charge < -0.3 is 14.6 Å². The summed E-state index contributed by atoms with van der Waals surface area (Å²) in [4.78, 5) is 11.1. The summed E-state index contributed by atoms with van der Waals surface area (Å²) in [5, 5.41) is 9.49. The summed E-state index contributed by atoms with van der Waals surface area (Å²) in [5.74, 6) is -1.06. The second-order valence-corrected chi connectivity index (χ2v) is 5.94. The Hall–Kier alpha value is -0.700. The SMILES string of the molecule is CCCOCC(O)CS(=O)(=O)NC1CCOC1=O. The normalized spacial score (nSPS) is 21.9. The van der Waals surface area contributed by atoms with Crippen molar-refractivity contribution in [3.05, 3.63) is 0 Å². The summed E-state index contributed by atoms with van der Waals surface area (Å²) >= 11 is 0. The summed E-state index contributed by atoms with van der Waals surface area (Å²) in [6.07, 6.45) is 0.0121. The van der Waals surface area contributed by atoms with Gasteiger partial charge in [0.15, 0.2) is 0 Å². The maximum atomic E-state index is 11.6. The summed E-state index contributed by atoms with van der Waals surface area (Å²) in [7, 11) is -3.72. The smallest absolute Gasteiger partial charge is 0.324 e. The molecule has 1 fully saturated rings. The fourth-order valence-electron chi connectivity index (χ4n) is 1.53. The van der Waals surface area contributed by atoms with Gasteiger partial charge in [-0.1, -0.05) is 6.92 Å². The van der Waals surface area contributed by atoms with E-state index in [0.717, 1.165) is 6.42 Å². The molecular weight excluding hydrogens is 262 g/mol. The molecular formula is C10H19NO6S. The van der Waals surface area contributed by atoms with Gasteiger partial charge in [0.1, 0.15) is 6.04 Å². The van der Waals surface area contributed by atoms with Crippen molar-refractivity contribution in [1.29, 1.82) is 0 Å². The largest absolute Gasteiger partial charge is 0.464 e. The van der Waals surface area contributed by atoms with Gasteiger partial charge >= 0.3 is 5.97 Å². The van der Waals surface area contributed by atoms with E-state index in [4.69, 9.17) is 4.74 Å². The van der Waals surface area contributed by atoms with Crippen molar-refractivity contribution >= 4 is 16.0 Å². The first-order valence-electron chi connectivity index (χ1n) is 5.87. The summed E-state index contributed by atoms with van der Waals surface area (Å²) < 4.78 is 35.2. The lowest BCUT2D eigenvalue weighted by atomic mass is 10.3. The van der Waals surface area contributed by atoms with Crippen LogP contribution >= 0.6 is 0 Å². The van der Waals surface area contributed by atoms with Crippen LogP contribution in [-0.4, -0.2) is 57.2 Å². The highest BCUT2D eigenvalue weighted by Crippen LogP contribution is 2.07. The zero-order chi connectivity index (χ0) is 13.6. The standard InChI is InChI=1S/C10H19NO6S/c1-2-4-16-6-8(12)7-18(14,15)11-9-3-5-17-10(9)13/h8-9,11-12H,2-7H2,1H3. The second-order valence-electron chi connectivity index (χ2n) is 4.14. The average molecular weight is 281 g/mol. The van der Waals surface area contributed by atoms with Crippen LogP contribution in [0.25, 0.3) is 0 Å². The molecule has 0 aromatic carbocycles. The Kier molecular flexibility index (Phi) is 6.00. The van der Waals surface area contributed by atoms with Gasteiger partial charge in [0.2, 0.25) is 10.0 Å². The predicted molar refractivity (Wildman–Crippen MR) is 63.4 cm³/mol. The van der Waals surface area contributed by atoms with Crippen LogP contribution < -0.4 is 4.72 Å². The molecule has 7 nitrogen and oxygen atoms in total. The first kappa shape index (κ1) is 15.4. The van der Waals surface area contributed by atoms with Gasteiger partial charge in [-0.15, -0.1) is 0 Å². The Balaban J connectivity index is 2.36. The summed E-state index contributed by atoms with van der Waals surface area (Å²) in [6, 6.07) is -0.834. The average Bonchev–Trinajstić information content (AvgIpc) is 2.63. The molecule has 0 aliphatic carbocycles. The molecule has 18 heavy (non-hydrogen) atoms. The van der Waals surface area contributed by atoms with E-state index in [-0.39, 0.29) is 13.2 Å². The minimum absolute atomic E-state index is 0.0378. The van der Waals surface area contributed by atoms with Gasteiger partial charge in [-0.3, -0.25) is 4.79 Å². The van der Waals surface area contributed by atoms with Crippen molar-refractivity contribution in [1.82, 2.24) is 4.72 Å². The van der Waals surface area contributed by atoms with E-state index in [0.29, 0.717) is 13.0 Å². The summed E-state index contributed by atoms with van der Waals surface area (Å²) in [5.41, 5.74) is 0. The van der Waals surface area contributed by atoms with Crippen molar-refractivity contribution in [2.45, 2.75) is 31.9 Å². The highest BCUT2D eigenvalue weighted by Gasteiger charge is 2.31. The minimum Gasteiger partial charge on any atom is -0.464 e. The molecule has 1 heterocycles. The number of rotatable bonds is 8.